The zero-order chi connectivity index (χ0) is 22.3. The van der Waals surface area contributed by atoms with Gasteiger partial charge >= 0.3 is 5.97 Å². The number of nitrogens with one attached hydrogen (secondary N) is 1. The second-order valence-corrected chi connectivity index (χ2v) is 9.89. The maximum atomic E-state index is 12.7. The van der Waals surface area contributed by atoms with E-state index in [1.807, 2.05) is 0 Å². The van der Waals surface area contributed by atoms with Gasteiger partial charge in [-0.15, -0.1) is 11.6 Å². The van der Waals surface area contributed by atoms with Gasteiger partial charge in [0.05, 0.1) is 16.2 Å². The predicted octanol–water partition coefficient (Wildman–Crippen LogP) is 4.01. The molecule has 0 aliphatic heterocycles. The minimum absolute atomic E-state index is 0.0497. The molecule has 1 aromatic heterocycles. The third kappa shape index (κ3) is 3.98. The molecule has 1 fully saturated rings. The first-order chi connectivity index (χ1) is 14.7. The summed E-state index contributed by atoms with van der Waals surface area (Å²) < 4.78 is 25.4. The maximum absolute atomic E-state index is 12.7. The predicted molar refractivity (Wildman–Crippen MR) is 118 cm³/mol. The lowest BCUT2D eigenvalue weighted by Crippen LogP contribution is -2.21. The molecule has 4 N–H and O–H groups in total. The summed E-state index contributed by atoms with van der Waals surface area (Å²) in [5.74, 6) is -2.80. The number of halogens is 1. The SMILES string of the molecule is NS(=O)(=O)c1c(-c2[nH]c3ccccc3c2C(=O)C(=O)O)cccc1C1CCC(Cl)CC1. The van der Waals surface area contributed by atoms with Crippen molar-refractivity contribution in [3.8, 4) is 11.3 Å². The van der Waals surface area contributed by atoms with Crippen molar-refractivity contribution in [2.24, 2.45) is 5.14 Å². The molecule has 0 amide bonds. The van der Waals surface area contributed by atoms with Crippen LogP contribution >= 0.6 is 11.6 Å². The number of ketones is 1. The molecule has 0 bridgehead atoms. The molecule has 1 heterocycles. The Kier molecular flexibility index (Phi) is 5.63. The van der Waals surface area contributed by atoms with E-state index in [-0.39, 0.29) is 33.0 Å². The molecule has 31 heavy (non-hydrogen) atoms. The third-order valence-corrected chi connectivity index (χ3v) is 7.28. The summed E-state index contributed by atoms with van der Waals surface area (Å²) in [5.41, 5.74) is 1.32. The summed E-state index contributed by atoms with van der Waals surface area (Å²) in [5, 5.41) is 15.5. The van der Waals surface area contributed by atoms with E-state index >= 15 is 0 Å². The van der Waals surface area contributed by atoms with Gasteiger partial charge in [0.1, 0.15) is 0 Å². The molecular formula is C22H21ClN2O5S. The quantitative estimate of drug-likeness (QED) is 0.301. The highest BCUT2D eigenvalue weighted by molar-refractivity contribution is 7.89. The van der Waals surface area contributed by atoms with E-state index < -0.39 is 21.8 Å². The Morgan fingerprint density at radius 3 is 2.35 bits per heavy atom. The lowest BCUT2D eigenvalue weighted by molar-refractivity contribution is -0.131. The van der Waals surface area contributed by atoms with Crippen LogP contribution in [0.15, 0.2) is 47.4 Å². The van der Waals surface area contributed by atoms with Gasteiger partial charge in [0, 0.05) is 21.8 Å². The number of carbonyl (C=O) groups excluding carboxylic acids is 1. The van der Waals surface area contributed by atoms with Gasteiger partial charge in [-0.05, 0) is 43.2 Å². The molecular weight excluding hydrogens is 440 g/mol. The van der Waals surface area contributed by atoms with E-state index in [9.17, 15) is 23.1 Å². The van der Waals surface area contributed by atoms with Gasteiger partial charge < -0.3 is 10.1 Å². The number of alkyl halides is 1. The molecule has 0 spiro atoms. The van der Waals surface area contributed by atoms with Crippen LogP contribution in [-0.4, -0.2) is 35.6 Å². The topological polar surface area (TPSA) is 130 Å². The number of rotatable bonds is 5. The Balaban J connectivity index is 2.00. The van der Waals surface area contributed by atoms with Gasteiger partial charge in [-0.2, -0.15) is 0 Å². The lowest BCUT2D eigenvalue weighted by atomic mass is 9.83. The normalized spacial score (nSPS) is 19.4. The van der Waals surface area contributed by atoms with E-state index in [0.29, 0.717) is 29.3 Å². The second-order valence-electron chi connectivity index (χ2n) is 7.77. The van der Waals surface area contributed by atoms with Crippen LogP contribution in [0.5, 0.6) is 0 Å². The van der Waals surface area contributed by atoms with Crippen LogP contribution in [0.3, 0.4) is 0 Å². The van der Waals surface area contributed by atoms with Crippen molar-refractivity contribution in [2.75, 3.05) is 0 Å². The summed E-state index contributed by atoms with van der Waals surface area (Å²) >= 11 is 6.22. The number of sulfonamides is 1. The first-order valence-corrected chi connectivity index (χ1v) is 11.8. The highest BCUT2D eigenvalue weighted by Crippen LogP contribution is 2.42. The molecule has 3 aromatic rings. The first-order valence-electron chi connectivity index (χ1n) is 9.87. The van der Waals surface area contributed by atoms with Crippen molar-refractivity contribution < 1.29 is 23.1 Å². The van der Waals surface area contributed by atoms with Gasteiger partial charge in [-0.3, -0.25) is 4.79 Å². The Morgan fingerprint density at radius 1 is 1.03 bits per heavy atom. The number of benzene rings is 2. The monoisotopic (exact) mass is 460 g/mol. The second kappa shape index (κ2) is 8.11. The van der Waals surface area contributed by atoms with Crippen molar-refractivity contribution in [3.63, 3.8) is 0 Å². The summed E-state index contributed by atoms with van der Waals surface area (Å²) in [6.07, 6.45) is 2.95. The fourth-order valence-electron chi connectivity index (χ4n) is 4.44. The molecule has 0 saturated heterocycles. The first kappa shape index (κ1) is 21.5. The number of primary sulfonamides is 1. The van der Waals surface area contributed by atoms with Crippen LogP contribution in [0.1, 0.15) is 47.5 Å². The van der Waals surface area contributed by atoms with Crippen molar-refractivity contribution in [1.29, 1.82) is 0 Å². The molecule has 162 valence electrons. The molecule has 0 radical (unpaired) electrons. The number of H-pyrrole nitrogens is 1. The Hall–Kier alpha value is -2.68. The number of aliphatic carboxylic acids is 1. The zero-order valence-corrected chi connectivity index (χ0v) is 18.0. The number of fused-ring (bicyclic) bond motifs is 1. The smallest absolute Gasteiger partial charge is 0.377 e. The number of nitrogens with two attached hydrogens (primary N) is 1. The average molecular weight is 461 g/mol. The fraction of sp³-hybridized carbons (Fsp3) is 0.273. The molecule has 1 aliphatic carbocycles. The summed E-state index contributed by atoms with van der Waals surface area (Å²) in [6.45, 7) is 0. The minimum atomic E-state index is -4.19. The number of para-hydroxylation sites is 1. The van der Waals surface area contributed by atoms with E-state index in [1.165, 1.54) is 0 Å². The zero-order valence-electron chi connectivity index (χ0n) is 16.5. The molecule has 2 aromatic carbocycles. The van der Waals surface area contributed by atoms with Crippen molar-refractivity contribution in [2.45, 2.75) is 41.9 Å². The number of aromatic nitrogens is 1. The van der Waals surface area contributed by atoms with Crippen LogP contribution in [-0.2, 0) is 14.8 Å². The van der Waals surface area contributed by atoms with Crippen LogP contribution in [0.4, 0.5) is 0 Å². The number of carboxylic acid groups (broad SMARTS) is 1. The number of hydrogen-bond acceptors (Lipinski definition) is 4. The van der Waals surface area contributed by atoms with Crippen LogP contribution in [0.2, 0.25) is 0 Å². The number of carboxylic acids is 1. The highest BCUT2D eigenvalue weighted by atomic mass is 35.5. The van der Waals surface area contributed by atoms with Gasteiger partial charge in [0.25, 0.3) is 5.78 Å². The Bertz CT molecular complexity index is 1290. The minimum Gasteiger partial charge on any atom is -0.475 e. The van der Waals surface area contributed by atoms with Gasteiger partial charge in [-0.25, -0.2) is 18.4 Å². The van der Waals surface area contributed by atoms with Crippen LogP contribution in [0, 0.1) is 0 Å². The van der Waals surface area contributed by atoms with Crippen molar-refractivity contribution in [3.05, 3.63) is 53.6 Å². The molecule has 1 saturated carbocycles. The van der Waals surface area contributed by atoms with Gasteiger partial charge in [0.15, 0.2) is 0 Å². The third-order valence-electron chi connectivity index (χ3n) is 5.82. The number of aromatic amines is 1. The van der Waals surface area contributed by atoms with Crippen LogP contribution < -0.4 is 5.14 Å². The number of Topliss-reactive ketones (excluding diaryl/α,β-unsaturated/α-hetero) is 1. The summed E-state index contributed by atoms with van der Waals surface area (Å²) in [6, 6.07) is 11.7. The summed E-state index contributed by atoms with van der Waals surface area (Å²) in [4.78, 5) is 27.1. The summed E-state index contributed by atoms with van der Waals surface area (Å²) in [7, 11) is -4.19. The molecule has 4 rings (SSSR count). The van der Waals surface area contributed by atoms with Crippen molar-refractivity contribution in [1.82, 2.24) is 4.98 Å². The number of carbonyl (C=O) groups is 2. The van der Waals surface area contributed by atoms with Crippen LogP contribution in [0.25, 0.3) is 22.2 Å². The Labute approximate surface area is 184 Å². The van der Waals surface area contributed by atoms with Gasteiger partial charge in [-0.1, -0.05) is 36.4 Å². The highest BCUT2D eigenvalue weighted by Gasteiger charge is 2.31. The Morgan fingerprint density at radius 2 is 1.71 bits per heavy atom. The molecule has 7 nitrogen and oxygen atoms in total. The van der Waals surface area contributed by atoms with E-state index in [1.54, 1.807) is 42.5 Å². The largest absolute Gasteiger partial charge is 0.475 e. The van der Waals surface area contributed by atoms with Crippen molar-refractivity contribution >= 4 is 44.3 Å². The molecule has 0 atom stereocenters. The maximum Gasteiger partial charge on any atom is 0.377 e. The molecule has 1 aliphatic rings. The van der Waals surface area contributed by atoms with E-state index in [0.717, 1.165) is 12.8 Å². The fourth-order valence-corrected chi connectivity index (χ4v) is 5.73. The van der Waals surface area contributed by atoms with E-state index in [4.69, 9.17) is 16.7 Å². The lowest BCUT2D eigenvalue weighted by Gasteiger charge is -2.27. The number of hydrogen-bond donors (Lipinski definition) is 3. The van der Waals surface area contributed by atoms with E-state index in [2.05, 4.69) is 4.98 Å². The molecule has 0 unspecified atom stereocenters. The molecule has 9 heteroatoms. The standard InChI is InChI=1S/C22H21ClN2O5S/c23-13-10-8-12(9-11-13)14-5-3-6-16(21(14)31(24,29)30)19-18(20(26)22(27)28)15-4-1-2-7-17(15)25-19/h1-7,12-13,25H,8-11H2,(H,27,28)(H2,24,29,30). The van der Waals surface area contributed by atoms with Gasteiger partial charge in [0.2, 0.25) is 10.0 Å². The average Bonchev–Trinajstić information content (AvgIpc) is 3.12.